The van der Waals surface area contributed by atoms with Gasteiger partial charge in [-0.15, -0.1) is 0 Å². The van der Waals surface area contributed by atoms with Gasteiger partial charge in [-0.2, -0.15) is 17.5 Å². The van der Waals surface area contributed by atoms with Gasteiger partial charge in [0.2, 0.25) is 5.13 Å². The second-order valence-electron chi connectivity index (χ2n) is 3.97. The van der Waals surface area contributed by atoms with E-state index in [0.717, 1.165) is 11.5 Å². The fourth-order valence-corrected chi connectivity index (χ4v) is 2.05. The van der Waals surface area contributed by atoms with Crippen LogP contribution >= 0.6 is 11.5 Å². The molecule has 0 saturated heterocycles. The van der Waals surface area contributed by atoms with Crippen LogP contribution in [0.2, 0.25) is 0 Å². The lowest BCUT2D eigenvalue weighted by molar-refractivity contribution is -0.155. The molecule has 2 heterocycles. The minimum absolute atomic E-state index is 0.118. The van der Waals surface area contributed by atoms with Crippen LogP contribution < -0.4 is 10.6 Å². The molecule has 112 valence electrons. The highest BCUT2D eigenvalue weighted by Gasteiger charge is 2.42. The zero-order valence-corrected chi connectivity index (χ0v) is 11.5. The number of carbonyl (C=O) groups is 1. The van der Waals surface area contributed by atoms with Crippen molar-refractivity contribution in [3.63, 3.8) is 0 Å². The van der Waals surface area contributed by atoms with Crippen molar-refractivity contribution in [2.75, 3.05) is 5.32 Å². The van der Waals surface area contributed by atoms with Crippen molar-refractivity contribution in [3.8, 4) is 0 Å². The molecule has 2 aromatic heterocycles. The summed E-state index contributed by atoms with van der Waals surface area (Å²) in [6.07, 6.45) is -3.44. The number of pyridine rings is 1. The van der Waals surface area contributed by atoms with Crippen molar-refractivity contribution in [2.24, 2.45) is 0 Å². The molecule has 2 N–H and O–H groups in total. The van der Waals surface area contributed by atoms with Gasteiger partial charge in [-0.25, -0.2) is 9.78 Å². The molecule has 10 heteroatoms. The maximum atomic E-state index is 13.0. The molecule has 2 aromatic rings. The zero-order chi connectivity index (χ0) is 15.5. The molecule has 0 radical (unpaired) electrons. The summed E-state index contributed by atoms with van der Waals surface area (Å²) in [6, 6.07) is 0.857. The van der Waals surface area contributed by atoms with Crippen molar-refractivity contribution in [1.82, 2.24) is 19.7 Å². The number of hydrogen-bond donors (Lipinski definition) is 2. The van der Waals surface area contributed by atoms with Crippen LogP contribution in [0.4, 0.5) is 23.1 Å². The smallest absolute Gasteiger partial charge is 0.321 e. The van der Waals surface area contributed by atoms with Gasteiger partial charge in [0.25, 0.3) is 0 Å². The molecule has 0 fully saturated rings. The van der Waals surface area contributed by atoms with Crippen LogP contribution in [-0.2, 0) is 0 Å². The molecule has 0 saturated carbocycles. The summed E-state index contributed by atoms with van der Waals surface area (Å²) in [5, 5.41) is 4.15. The summed E-state index contributed by atoms with van der Waals surface area (Å²) in [7, 11) is 0. The quantitative estimate of drug-likeness (QED) is 0.912. The first-order valence-corrected chi connectivity index (χ1v) is 6.49. The number of nitrogens with zero attached hydrogens (tertiary/aromatic N) is 3. The Morgan fingerprint density at radius 2 is 2.14 bits per heavy atom. The van der Waals surface area contributed by atoms with E-state index in [-0.39, 0.29) is 10.8 Å². The van der Waals surface area contributed by atoms with E-state index >= 15 is 0 Å². The largest absolute Gasteiger partial charge is 0.414 e. The third-order valence-electron chi connectivity index (χ3n) is 2.33. The summed E-state index contributed by atoms with van der Waals surface area (Å²) in [5.41, 5.74) is -0.298. The maximum Gasteiger partial charge on any atom is 0.414 e. The third-order valence-corrected chi connectivity index (χ3v) is 3.06. The number of aryl methyl sites for hydroxylation is 1. The van der Waals surface area contributed by atoms with Gasteiger partial charge in [-0.1, -0.05) is 6.07 Å². The van der Waals surface area contributed by atoms with Crippen molar-refractivity contribution < 1.29 is 18.0 Å². The molecule has 0 aliphatic rings. The van der Waals surface area contributed by atoms with Crippen LogP contribution in [0, 0.1) is 6.92 Å². The highest BCUT2D eigenvalue weighted by atomic mass is 32.1. The van der Waals surface area contributed by atoms with Crippen LogP contribution in [0.25, 0.3) is 0 Å². The van der Waals surface area contributed by atoms with E-state index in [1.54, 1.807) is 6.92 Å². The number of amides is 2. The fraction of sp³-hybridized carbons (Fsp3) is 0.273. The molecule has 0 bridgehead atoms. The summed E-state index contributed by atoms with van der Waals surface area (Å²) in [4.78, 5) is 19.1. The number of carbonyl (C=O) groups excluding carboxylic acids is 1. The summed E-state index contributed by atoms with van der Waals surface area (Å²) >= 11 is 0.878. The Labute approximate surface area is 121 Å². The average molecular weight is 317 g/mol. The Balaban J connectivity index is 2.11. The molecule has 6 nitrogen and oxygen atoms in total. The standard InChI is InChI=1S/C11H10F3N5OS/c1-6-16-10(21-19-6)18-9(20)17-8(11(12,13)14)7-4-2-3-5-15-7/h2-5,8H,1H3,(H2,16,17,18,19,20)/t8-/m0/s1. The van der Waals surface area contributed by atoms with Gasteiger partial charge >= 0.3 is 12.2 Å². The lowest BCUT2D eigenvalue weighted by Gasteiger charge is -2.20. The first-order valence-electron chi connectivity index (χ1n) is 5.72. The van der Waals surface area contributed by atoms with Crippen molar-refractivity contribution >= 4 is 22.7 Å². The van der Waals surface area contributed by atoms with Crippen molar-refractivity contribution in [2.45, 2.75) is 19.1 Å². The van der Waals surface area contributed by atoms with E-state index < -0.39 is 18.2 Å². The van der Waals surface area contributed by atoms with Crippen molar-refractivity contribution in [1.29, 1.82) is 0 Å². The number of anilines is 1. The van der Waals surface area contributed by atoms with Crippen molar-refractivity contribution in [3.05, 3.63) is 35.9 Å². The zero-order valence-electron chi connectivity index (χ0n) is 10.7. The molecule has 1 atom stereocenters. The molecule has 21 heavy (non-hydrogen) atoms. The summed E-state index contributed by atoms with van der Waals surface area (Å²) in [6.45, 7) is 1.60. The normalized spacial score (nSPS) is 12.8. The molecule has 0 aliphatic heterocycles. The van der Waals surface area contributed by atoms with Gasteiger partial charge in [-0.05, 0) is 19.1 Å². The van der Waals surface area contributed by atoms with Crippen LogP contribution in [0.1, 0.15) is 17.6 Å². The number of hydrogen-bond acceptors (Lipinski definition) is 5. The highest BCUT2D eigenvalue weighted by molar-refractivity contribution is 7.09. The van der Waals surface area contributed by atoms with E-state index in [1.165, 1.54) is 24.4 Å². The number of alkyl halides is 3. The van der Waals surface area contributed by atoms with Gasteiger partial charge in [0.05, 0.1) is 5.69 Å². The lowest BCUT2D eigenvalue weighted by Crippen LogP contribution is -2.40. The number of nitrogens with one attached hydrogen (secondary N) is 2. The summed E-state index contributed by atoms with van der Waals surface area (Å²) in [5.74, 6) is 0.424. The lowest BCUT2D eigenvalue weighted by atomic mass is 10.2. The molecular weight excluding hydrogens is 307 g/mol. The Hall–Kier alpha value is -2.23. The molecule has 2 rings (SSSR count). The van der Waals surface area contributed by atoms with E-state index in [0.29, 0.717) is 5.82 Å². The molecular formula is C11H10F3N5OS. The highest BCUT2D eigenvalue weighted by Crippen LogP contribution is 2.31. The molecule has 0 aliphatic carbocycles. The number of halogens is 3. The average Bonchev–Trinajstić information content (AvgIpc) is 2.81. The van der Waals surface area contributed by atoms with Crippen LogP contribution in [0.3, 0.4) is 0 Å². The van der Waals surface area contributed by atoms with E-state index in [4.69, 9.17) is 0 Å². The number of rotatable bonds is 3. The minimum Gasteiger partial charge on any atom is -0.321 e. The van der Waals surface area contributed by atoms with Gasteiger partial charge < -0.3 is 5.32 Å². The Bertz CT molecular complexity index is 616. The van der Waals surface area contributed by atoms with E-state index in [9.17, 15) is 18.0 Å². The summed E-state index contributed by atoms with van der Waals surface area (Å²) < 4.78 is 42.8. The molecule has 0 spiro atoms. The van der Waals surface area contributed by atoms with E-state index in [2.05, 4.69) is 19.7 Å². The second-order valence-corrected chi connectivity index (χ2v) is 4.73. The van der Waals surface area contributed by atoms with Gasteiger partial charge in [-0.3, -0.25) is 10.3 Å². The molecule has 2 amide bonds. The van der Waals surface area contributed by atoms with Crippen LogP contribution in [0.15, 0.2) is 24.4 Å². The first-order chi connectivity index (χ1) is 9.86. The van der Waals surface area contributed by atoms with Gasteiger partial charge in [0.15, 0.2) is 6.04 Å². The maximum absolute atomic E-state index is 13.0. The Morgan fingerprint density at radius 3 is 2.67 bits per heavy atom. The Morgan fingerprint density at radius 1 is 1.38 bits per heavy atom. The Kier molecular flexibility index (Phi) is 4.36. The third kappa shape index (κ3) is 4.12. The minimum atomic E-state index is -4.66. The molecule has 0 aromatic carbocycles. The fourth-order valence-electron chi connectivity index (χ4n) is 1.48. The van der Waals surface area contributed by atoms with Gasteiger partial charge in [0.1, 0.15) is 5.82 Å². The van der Waals surface area contributed by atoms with Gasteiger partial charge in [0, 0.05) is 17.7 Å². The van der Waals surface area contributed by atoms with Crippen LogP contribution in [-0.4, -0.2) is 26.5 Å². The molecule has 0 unspecified atom stereocenters. The number of aromatic nitrogens is 3. The van der Waals surface area contributed by atoms with Crippen LogP contribution in [0.5, 0.6) is 0 Å². The monoisotopic (exact) mass is 317 g/mol. The van der Waals surface area contributed by atoms with E-state index in [1.807, 2.05) is 5.32 Å². The first kappa shape index (κ1) is 15.2. The predicted octanol–water partition coefficient (Wildman–Crippen LogP) is 2.67. The second kappa shape index (κ2) is 6.04. The SMILES string of the molecule is Cc1nsc(NC(=O)N[C@@H](c2ccccn2)C(F)(F)F)n1. The number of urea groups is 1. The topological polar surface area (TPSA) is 79.8 Å². The predicted molar refractivity (Wildman–Crippen MR) is 69.8 cm³/mol.